The van der Waals surface area contributed by atoms with E-state index in [1.807, 2.05) is 73.1 Å². The van der Waals surface area contributed by atoms with Crippen LogP contribution in [0.3, 0.4) is 0 Å². The third kappa shape index (κ3) is 5.15. The maximum absolute atomic E-state index is 12.5. The van der Waals surface area contributed by atoms with Crippen LogP contribution in [0.2, 0.25) is 0 Å². The second-order valence-electron chi connectivity index (χ2n) is 6.41. The number of benzene rings is 2. The van der Waals surface area contributed by atoms with Crippen LogP contribution in [-0.4, -0.2) is 21.4 Å². The molecule has 0 fully saturated rings. The van der Waals surface area contributed by atoms with E-state index >= 15 is 0 Å². The lowest BCUT2D eigenvalue weighted by atomic mass is 10.2. The van der Waals surface area contributed by atoms with Gasteiger partial charge in [0.1, 0.15) is 0 Å². The number of aromatic nitrogens is 2. The number of anilines is 1. The van der Waals surface area contributed by atoms with Crippen LogP contribution in [0, 0.1) is 25.2 Å². The first-order valence-corrected chi connectivity index (χ1v) is 10.3. The lowest BCUT2D eigenvalue weighted by molar-refractivity contribution is -0.111. The van der Waals surface area contributed by atoms with E-state index in [-0.39, 0.29) is 5.91 Å². The molecule has 3 rings (SSSR count). The first-order chi connectivity index (χ1) is 14.1. The van der Waals surface area contributed by atoms with Crippen LogP contribution in [0.1, 0.15) is 23.4 Å². The molecule has 0 aliphatic heterocycles. The number of aryl methyl sites for hydroxylation is 1. The van der Waals surface area contributed by atoms with E-state index in [0.29, 0.717) is 12.2 Å². The van der Waals surface area contributed by atoms with Gasteiger partial charge in [-0.2, -0.15) is 10.4 Å². The number of carbonyl (C=O) groups is 1. The minimum absolute atomic E-state index is 0.204. The highest BCUT2D eigenvalue weighted by atomic mass is 32.2. The molecule has 0 saturated heterocycles. The molecule has 146 valence electrons. The van der Waals surface area contributed by atoms with Gasteiger partial charge in [-0.1, -0.05) is 30.3 Å². The number of hydrogen-bond acceptors (Lipinski definition) is 4. The van der Waals surface area contributed by atoms with E-state index < -0.39 is 0 Å². The summed E-state index contributed by atoms with van der Waals surface area (Å²) >= 11 is 1.56. The van der Waals surface area contributed by atoms with Gasteiger partial charge in [0.15, 0.2) is 0 Å². The van der Waals surface area contributed by atoms with Crippen molar-refractivity contribution in [2.45, 2.75) is 25.2 Å². The maximum atomic E-state index is 12.5. The summed E-state index contributed by atoms with van der Waals surface area (Å²) in [6, 6.07) is 19.7. The predicted octanol–water partition coefficient (Wildman–Crippen LogP) is 5.15. The summed E-state index contributed by atoms with van der Waals surface area (Å²) in [5, 5.41) is 16.2. The van der Waals surface area contributed by atoms with Gasteiger partial charge in [-0.25, -0.2) is 4.68 Å². The van der Waals surface area contributed by atoms with Crippen molar-refractivity contribution >= 4 is 29.4 Å². The predicted molar refractivity (Wildman–Crippen MR) is 118 cm³/mol. The van der Waals surface area contributed by atoms with Crippen LogP contribution in [0.5, 0.6) is 0 Å². The summed E-state index contributed by atoms with van der Waals surface area (Å²) in [6.07, 6.45) is 3.80. The van der Waals surface area contributed by atoms with Gasteiger partial charge >= 0.3 is 0 Å². The van der Waals surface area contributed by atoms with E-state index in [4.69, 9.17) is 5.26 Å². The van der Waals surface area contributed by atoms with Crippen LogP contribution in [-0.2, 0) is 4.79 Å². The Hall–Kier alpha value is -3.30. The van der Waals surface area contributed by atoms with Gasteiger partial charge in [-0.3, -0.25) is 4.79 Å². The Labute approximate surface area is 175 Å². The first-order valence-electron chi connectivity index (χ1n) is 9.29. The lowest BCUT2D eigenvalue weighted by Gasteiger charge is -2.08. The highest BCUT2D eigenvalue weighted by Gasteiger charge is 2.11. The molecule has 0 aliphatic carbocycles. The van der Waals surface area contributed by atoms with Crippen LogP contribution in [0.4, 0.5) is 5.69 Å². The van der Waals surface area contributed by atoms with Gasteiger partial charge in [0, 0.05) is 34.4 Å². The zero-order valence-corrected chi connectivity index (χ0v) is 17.2. The highest BCUT2D eigenvalue weighted by molar-refractivity contribution is 7.99. The van der Waals surface area contributed by atoms with Gasteiger partial charge < -0.3 is 5.32 Å². The van der Waals surface area contributed by atoms with E-state index in [9.17, 15) is 4.79 Å². The number of hydrogen-bond donors (Lipinski definition) is 1. The van der Waals surface area contributed by atoms with E-state index in [2.05, 4.69) is 16.5 Å². The van der Waals surface area contributed by atoms with Crippen molar-refractivity contribution < 1.29 is 4.79 Å². The summed E-state index contributed by atoms with van der Waals surface area (Å²) in [6.45, 7) is 3.93. The quantitative estimate of drug-likeness (QED) is 0.337. The van der Waals surface area contributed by atoms with Crippen molar-refractivity contribution in [2.24, 2.45) is 0 Å². The largest absolute Gasteiger partial charge is 0.321 e. The van der Waals surface area contributed by atoms with Crippen molar-refractivity contribution in [1.29, 1.82) is 5.26 Å². The van der Waals surface area contributed by atoms with Gasteiger partial charge in [0.2, 0.25) is 5.91 Å². The minimum Gasteiger partial charge on any atom is -0.321 e. The number of rotatable bonds is 7. The van der Waals surface area contributed by atoms with Crippen molar-refractivity contribution in [3.63, 3.8) is 0 Å². The first kappa shape index (κ1) is 20.4. The summed E-state index contributed by atoms with van der Waals surface area (Å²) in [4.78, 5) is 13.4. The third-order valence-electron chi connectivity index (χ3n) is 4.37. The van der Waals surface area contributed by atoms with Crippen LogP contribution in [0.25, 0.3) is 11.8 Å². The van der Waals surface area contributed by atoms with E-state index in [0.717, 1.165) is 33.2 Å². The van der Waals surface area contributed by atoms with E-state index in [1.54, 1.807) is 17.8 Å². The van der Waals surface area contributed by atoms with Gasteiger partial charge in [0.25, 0.3) is 0 Å². The normalized spacial score (nSPS) is 10.8. The standard InChI is InChI=1S/C23H22N4OS/c1-17-20(18(2)27(26-17)19-9-4-3-5-10-19)13-14-23(28)25-21-11-6-7-12-22(21)29-16-8-15-24/h3-7,9-14H,8,16H2,1-2H3,(H,25,28). The molecule has 0 radical (unpaired) electrons. The molecule has 0 saturated carbocycles. The summed E-state index contributed by atoms with van der Waals surface area (Å²) in [7, 11) is 0. The molecule has 29 heavy (non-hydrogen) atoms. The number of nitrogens with one attached hydrogen (secondary N) is 1. The number of para-hydroxylation sites is 2. The fourth-order valence-electron chi connectivity index (χ4n) is 2.95. The van der Waals surface area contributed by atoms with Gasteiger partial charge in [-0.05, 0) is 44.2 Å². The van der Waals surface area contributed by atoms with Crippen molar-refractivity contribution in [2.75, 3.05) is 11.1 Å². The molecular weight excluding hydrogens is 380 g/mol. The molecule has 2 aromatic carbocycles. The molecule has 0 spiro atoms. The second-order valence-corrected chi connectivity index (χ2v) is 7.54. The summed E-state index contributed by atoms with van der Waals surface area (Å²) in [5.41, 5.74) is 4.51. The number of carbonyl (C=O) groups excluding carboxylic acids is 1. The molecular formula is C23H22N4OS. The van der Waals surface area contributed by atoms with Crippen LogP contribution in [0.15, 0.2) is 65.6 Å². The van der Waals surface area contributed by atoms with E-state index in [1.165, 1.54) is 6.08 Å². The molecule has 5 nitrogen and oxygen atoms in total. The van der Waals surface area contributed by atoms with Crippen LogP contribution >= 0.6 is 11.8 Å². The van der Waals surface area contributed by atoms with Crippen LogP contribution < -0.4 is 5.32 Å². The Morgan fingerprint density at radius 3 is 2.66 bits per heavy atom. The summed E-state index contributed by atoms with van der Waals surface area (Å²) in [5.74, 6) is 0.487. The zero-order valence-electron chi connectivity index (χ0n) is 16.4. The van der Waals surface area contributed by atoms with Gasteiger partial charge in [-0.15, -0.1) is 11.8 Å². The van der Waals surface area contributed by atoms with Crippen molar-refractivity contribution in [1.82, 2.24) is 9.78 Å². The molecule has 1 aromatic heterocycles. The Balaban J connectivity index is 1.74. The lowest BCUT2D eigenvalue weighted by Crippen LogP contribution is -2.08. The number of amides is 1. The molecule has 6 heteroatoms. The minimum atomic E-state index is -0.204. The van der Waals surface area contributed by atoms with Crippen molar-refractivity contribution in [3.05, 3.63) is 77.6 Å². The molecule has 0 unspecified atom stereocenters. The monoisotopic (exact) mass is 402 g/mol. The molecule has 0 atom stereocenters. The maximum Gasteiger partial charge on any atom is 0.248 e. The Morgan fingerprint density at radius 1 is 1.17 bits per heavy atom. The average molecular weight is 403 g/mol. The number of nitriles is 1. The SMILES string of the molecule is Cc1nn(-c2ccccc2)c(C)c1C=CC(=O)Nc1ccccc1SCCC#N. The number of thioether (sulfide) groups is 1. The Kier molecular flexibility index (Phi) is 6.88. The second kappa shape index (κ2) is 9.76. The smallest absolute Gasteiger partial charge is 0.248 e. The molecule has 1 heterocycles. The number of nitrogens with zero attached hydrogens (tertiary/aromatic N) is 3. The zero-order chi connectivity index (χ0) is 20.6. The average Bonchev–Trinajstić information content (AvgIpc) is 3.02. The Morgan fingerprint density at radius 2 is 1.90 bits per heavy atom. The van der Waals surface area contributed by atoms with Gasteiger partial charge in [0.05, 0.1) is 23.1 Å². The summed E-state index contributed by atoms with van der Waals surface area (Å²) < 4.78 is 1.88. The third-order valence-corrected chi connectivity index (χ3v) is 5.44. The molecule has 0 bridgehead atoms. The fraction of sp³-hybridized carbons (Fsp3) is 0.174. The molecule has 3 aromatic rings. The fourth-order valence-corrected chi connectivity index (χ4v) is 3.81. The molecule has 0 aliphatic rings. The molecule has 1 N–H and O–H groups in total. The highest BCUT2D eigenvalue weighted by Crippen LogP contribution is 2.27. The Bertz CT molecular complexity index is 1060. The topological polar surface area (TPSA) is 70.7 Å². The molecule has 1 amide bonds. The van der Waals surface area contributed by atoms with Crippen molar-refractivity contribution in [3.8, 4) is 11.8 Å².